The van der Waals surface area contributed by atoms with E-state index in [0.29, 0.717) is 12.4 Å². The molecule has 1 atom stereocenters. The van der Waals surface area contributed by atoms with E-state index in [4.69, 9.17) is 9.47 Å². The van der Waals surface area contributed by atoms with E-state index in [1.807, 2.05) is 0 Å². The van der Waals surface area contributed by atoms with Crippen LogP contribution in [0.5, 0.6) is 11.6 Å². The number of amides is 1. The fourth-order valence-electron chi connectivity index (χ4n) is 2.77. The van der Waals surface area contributed by atoms with E-state index in [-0.39, 0.29) is 24.1 Å². The Hall–Kier alpha value is -2.81. The monoisotopic (exact) mass is 410 g/mol. The Morgan fingerprint density at radius 2 is 2.00 bits per heavy atom. The number of benzene rings is 1. The predicted molar refractivity (Wildman–Crippen MR) is 97.9 cm³/mol. The van der Waals surface area contributed by atoms with Crippen LogP contribution in [0, 0.1) is 0 Å². The minimum Gasteiger partial charge on any atom is -0.491 e. The standard InChI is InChI=1S/C20H21F3N2O4/c21-20(22,23)13-29-19-17(4-1-9-24-19)18(26)25-11-14-5-7-15(8-6-14)28-12-16-3-2-10-27-16/h1,4-9,16H,2-3,10-13H2,(H,25,26). The number of ether oxygens (including phenoxy) is 3. The number of hydrogen-bond acceptors (Lipinski definition) is 5. The van der Waals surface area contributed by atoms with E-state index < -0.39 is 18.7 Å². The zero-order valence-corrected chi connectivity index (χ0v) is 15.6. The summed E-state index contributed by atoms with van der Waals surface area (Å²) in [6.45, 7) is -0.0551. The number of carbonyl (C=O) groups is 1. The van der Waals surface area contributed by atoms with Crippen LogP contribution in [-0.4, -0.2) is 43.0 Å². The summed E-state index contributed by atoms with van der Waals surface area (Å²) in [5.74, 6) is -0.236. The summed E-state index contributed by atoms with van der Waals surface area (Å²) in [5, 5.41) is 2.65. The molecule has 1 aliphatic heterocycles. The van der Waals surface area contributed by atoms with Crippen LogP contribution in [0.2, 0.25) is 0 Å². The Labute approximate surface area is 166 Å². The van der Waals surface area contributed by atoms with Crippen molar-refractivity contribution < 1.29 is 32.2 Å². The van der Waals surface area contributed by atoms with Gasteiger partial charge in [0, 0.05) is 19.3 Å². The molecule has 9 heteroatoms. The number of rotatable bonds is 8. The number of pyridine rings is 1. The van der Waals surface area contributed by atoms with Gasteiger partial charge in [0.25, 0.3) is 5.91 Å². The Bertz CT molecular complexity index is 806. The summed E-state index contributed by atoms with van der Waals surface area (Å²) in [5.41, 5.74) is 0.748. The number of carbonyl (C=O) groups excluding carboxylic acids is 1. The molecule has 0 aliphatic carbocycles. The summed E-state index contributed by atoms with van der Waals surface area (Å²) in [7, 11) is 0. The highest BCUT2D eigenvalue weighted by atomic mass is 19.4. The van der Waals surface area contributed by atoms with Crippen LogP contribution in [0.1, 0.15) is 28.8 Å². The van der Waals surface area contributed by atoms with Gasteiger partial charge in [-0.05, 0) is 42.7 Å². The number of aromatic nitrogens is 1. The first-order chi connectivity index (χ1) is 13.9. The van der Waals surface area contributed by atoms with Gasteiger partial charge in [0.15, 0.2) is 6.61 Å². The van der Waals surface area contributed by atoms with Crippen LogP contribution in [0.3, 0.4) is 0 Å². The van der Waals surface area contributed by atoms with E-state index in [1.165, 1.54) is 18.3 Å². The second-order valence-electron chi connectivity index (χ2n) is 6.53. The lowest BCUT2D eigenvalue weighted by atomic mass is 10.2. The highest BCUT2D eigenvalue weighted by molar-refractivity contribution is 5.96. The number of halogens is 3. The van der Waals surface area contributed by atoms with E-state index in [0.717, 1.165) is 25.0 Å². The van der Waals surface area contributed by atoms with Gasteiger partial charge in [0.2, 0.25) is 5.88 Å². The molecule has 1 aromatic carbocycles. The van der Waals surface area contributed by atoms with Crippen LogP contribution in [-0.2, 0) is 11.3 Å². The maximum atomic E-state index is 12.3. The van der Waals surface area contributed by atoms with E-state index >= 15 is 0 Å². The first-order valence-electron chi connectivity index (χ1n) is 9.17. The third-order valence-electron chi connectivity index (χ3n) is 4.22. The molecule has 1 saturated heterocycles. The highest BCUT2D eigenvalue weighted by Crippen LogP contribution is 2.20. The molecule has 1 aromatic heterocycles. The molecule has 156 valence electrons. The summed E-state index contributed by atoms with van der Waals surface area (Å²) >= 11 is 0. The van der Waals surface area contributed by atoms with Gasteiger partial charge in [-0.2, -0.15) is 13.2 Å². The van der Waals surface area contributed by atoms with Gasteiger partial charge in [-0.25, -0.2) is 4.98 Å². The molecule has 1 fully saturated rings. The van der Waals surface area contributed by atoms with Crippen LogP contribution < -0.4 is 14.8 Å². The molecule has 0 radical (unpaired) electrons. The normalized spacial score (nSPS) is 16.4. The average Bonchev–Trinajstić information content (AvgIpc) is 3.23. The summed E-state index contributed by atoms with van der Waals surface area (Å²) in [6, 6.07) is 9.99. The Kier molecular flexibility index (Phi) is 6.92. The zero-order valence-electron chi connectivity index (χ0n) is 15.6. The van der Waals surface area contributed by atoms with Crippen molar-refractivity contribution in [2.45, 2.75) is 31.7 Å². The molecule has 1 unspecified atom stereocenters. The van der Waals surface area contributed by atoms with Gasteiger partial charge in [-0.15, -0.1) is 0 Å². The van der Waals surface area contributed by atoms with E-state index in [2.05, 4.69) is 15.0 Å². The first kappa shape index (κ1) is 20.9. The SMILES string of the molecule is O=C(NCc1ccc(OCC2CCCO2)cc1)c1cccnc1OCC(F)(F)F. The topological polar surface area (TPSA) is 69.7 Å². The molecule has 6 nitrogen and oxygen atoms in total. The average molecular weight is 410 g/mol. The molecule has 3 rings (SSSR count). The van der Waals surface area contributed by atoms with Gasteiger partial charge in [-0.3, -0.25) is 4.79 Å². The van der Waals surface area contributed by atoms with Gasteiger partial charge in [0.05, 0.1) is 6.10 Å². The van der Waals surface area contributed by atoms with Crippen molar-refractivity contribution in [1.29, 1.82) is 0 Å². The van der Waals surface area contributed by atoms with Crippen LogP contribution in [0.4, 0.5) is 13.2 Å². The molecular weight excluding hydrogens is 389 g/mol. The minimum atomic E-state index is -4.51. The predicted octanol–water partition coefficient (Wildman–Crippen LogP) is 3.51. The van der Waals surface area contributed by atoms with Crippen molar-refractivity contribution in [2.24, 2.45) is 0 Å². The molecule has 0 spiro atoms. The third-order valence-corrected chi connectivity index (χ3v) is 4.22. The van der Waals surface area contributed by atoms with Gasteiger partial charge in [-0.1, -0.05) is 12.1 Å². The van der Waals surface area contributed by atoms with E-state index in [1.54, 1.807) is 24.3 Å². The van der Waals surface area contributed by atoms with Crippen molar-refractivity contribution in [3.8, 4) is 11.6 Å². The molecule has 1 amide bonds. The zero-order chi connectivity index (χ0) is 20.7. The molecule has 2 aromatic rings. The van der Waals surface area contributed by atoms with E-state index in [9.17, 15) is 18.0 Å². The molecule has 29 heavy (non-hydrogen) atoms. The van der Waals surface area contributed by atoms with Crippen LogP contribution in [0.25, 0.3) is 0 Å². The first-order valence-corrected chi connectivity index (χ1v) is 9.17. The maximum Gasteiger partial charge on any atom is 0.422 e. The third kappa shape index (κ3) is 6.63. The number of hydrogen-bond donors (Lipinski definition) is 1. The van der Waals surface area contributed by atoms with Gasteiger partial charge < -0.3 is 19.5 Å². The molecule has 2 heterocycles. The lowest BCUT2D eigenvalue weighted by Gasteiger charge is -2.13. The van der Waals surface area contributed by atoms with Crippen LogP contribution in [0.15, 0.2) is 42.6 Å². The van der Waals surface area contributed by atoms with Crippen molar-refractivity contribution in [3.05, 3.63) is 53.7 Å². The minimum absolute atomic E-state index is 0.0618. The number of alkyl halides is 3. The fraction of sp³-hybridized carbons (Fsp3) is 0.400. The van der Waals surface area contributed by atoms with Crippen molar-refractivity contribution >= 4 is 5.91 Å². The van der Waals surface area contributed by atoms with Crippen molar-refractivity contribution in [2.75, 3.05) is 19.8 Å². The molecule has 1 N–H and O–H groups in total. The molecule has 0 saturated carbocycles. The lowest BCUT2D eigenvalue weighted by Crippen LogP contribution is -2.25. The summed E-state index contributed by atoms with van der Waals surface area (Å²) < 4.78 is 52.9. The smallest absolute Gasteiger partial charge is 0.422 e. The summed E-state index contributed by atoms with van der Waals surface area (Å²) in [6.07, 6.45) is -1.08. The Morgan fingerprint density at radius 3 is 2.69 bits per heavy atom. The van der Waals surface area contributed by atoms with Crippen molar-refractivity contribution in [1.82, 2.24) is 10.3 Å². The highest BCUT2D eigenvalue weighted by Gasteiger charge is 2.29. The Morgan fingerprint density at radius 1 is 1.21 bits per heavy atom. The molecule has 1 aliphatic rings. The Balaban J connectivity index is 1.51. The lowest BCUT2D eigenvalue weighted by molar-refractivity contribution is -0.154. The van der Waals surface area contributed by atoms with Gasteiger partial charge >= 0.3 is 6.18 Å². The second kappa shape index (κ2) is 9.60. The quantitative estimate of drug-likeness (QED) is 0.721. The molecular formula is C20H21F3N2O4. The van der Waals surface area contributed by atoms with Crippen molar-refractivity contribution in [3.63, 3.8) is 0 Å². The second-order valence-corrected chi connectivity index (χ2v) is 6.53. The maximum absolute atomic E-state index is 12.3. The fourth-order valence-corrected chi connectivity index (χ4v) is 2.77. The van der Waals surface area contributed by atoms with Gasteiger partial charge in [0.1, 0.15) is 17.9 Å². The largest absolute Gasteiger partial charge is 0.491 e. The number of nitrogens with one attached hydrogen (secondary N) is 1. The van der Waals surface area contributed by atoms with Crippen LogP contribution >= 0.6 is 0 Å². The number of nitrogens with zero attached hydrogens (tertiary/aromatic N) is 1. The summed E-state index contributed by atoms with van der Waals surface area (Å²) in [4.78, 5) is 16.0. The molecule has 0 bridgehead atoms.